The normalized spacial score (nSPS) is 11.4. The van der Waals surface area contributed by atoms with Gasteiger partial charge in [-0.05, 0) is 0 Å². The van der Waals surface area contributed by atoms with Crippen LogP contribution in [0.15, 0.2) is 18.9 Å². The summed E-state index contributed by atoms with van der Waals surface area (Å²) in [6.45, 7) is 19.1. The van der Waals surface area contributed by atoms with Gasteiger partial charge in [-0.1, -0.05) is 13.2 Å². The van der Waals surface area contributed by atoms with Crippen molar-refractivity contribution in [2.45, 2.75) is 0 Å². The maximum absolute atomic E-state index is 9.33. The van der Waals surface area contributed by atoms with Crippen molar-refractivity contribution in [1.29, 1.82) is 0 Å². The highest BCUT2D eigenvalue weighted by molar-refractivity contribution is 7.54. The molecule has 30 N–H and O–H groups in total. The zero-order valence-electron chi connectivity index (χ0n) is 43.2. The molecule has 496 valence electrons. The molecule has 78 heavy (non-hydrogen) atoms. The topological polar surface area (TPSA) is 863 Å². The molecule has 0 aromatic carbocycles. The molecule has 0 heterocycles. The van der Waals surface area contributed by atoms with Crippen LogP contribution in [0, 0.1) is 0 Å². The smallest absolute Gasteiger partial charge is 0.322 e. The largest absolute Gasteiger partial charge is 0.325 e. The molecular weight excluding hydrogens is 1400 g/mol. The van der Waals surface area contributed by atoms with Gasteiger partial charge in [0.1, 0.15) is 0 Å². The molecule has 0 bridgehead atoms. The van der Waals surface area contributed by atoms with Gasteiger partial charge in [0.25, 0.3) is 0 Å². The Hall–Kier alpha value is 1.77. The second-order valence-electron chi connectivity index (χ2n) is 12.8. The van der Waals surface area contributed by atoms with Crippen LogP contribution in [0.4, 0.5) is 0 Å². The molecule has 0 saturated carbocycles. The third kappa shape index (κ3) is 146000. The number of hydrogen-bond acceptors (Lipinski definition) is 15. The van der Waals surface area contributed by atoms with Crippen molar-refractivity contribution in [2.75, 3.05) is 100.0 Å². The van der Waals surface area contributed by atoms with E-state index in [9.17, 15) is 68.5 Å². The third-order valence-electron chi connectivity index (χ3n) is 0. The van der Waals surface area contributed by atoms with Crippen molar-refractivity contribution in [1.82, 2.24) is 0 Å². The summed E-state index contributed by atoms with van der Waals surface area (Å²) in [6.07, 6.45) is 0. The summed E-state index contributed by atoms with van der Waals surface area (Å²) in [5, 5.41) is 0. The molecule has 0 radical (unpaired) electrons. The first kappa shape index (κ1) is 122. The lowest BCUT2D eigenvalue weighted by atomic mass is 11.0. The molecule has 0 aromatic rings. The highest BCUT2D eigenvalue weighted by Gasteiger charge is 2.01. The standard InChI is InChI=1S/C3H4.15CH5O3P/c1-3-2;15*1-5(2,3)4/h1-2H2;15*1H3,(H2,2,3,4). The van der Waals surface area contributed by atoms with E-state index in [4.69, 9.17) is 147 Å². The zero-order valence-corrected chi connectivity index (χ0v) is 56.6. The summed E-state index contributed by atoms with van der Waals surface area (Å²) < 4.78 is 140. The Morgan fingerprint density at radius 1 is 0.154 bits per heavy atom. The maximum atomic E-state index is 9.33. The van der Waals surface area contributed by atoms with E-state index < -0.39 is 114 Å². The Morgan fingerprint density at radius 3 is 0.154 bits per heavy atom. The van der Waals surface area contributed by atoms with E-state index in [1.54, 1.807) is 0 Å². The van der Waals surface area contributed by atoms with Crippen LogP contribution in [0.5, 0.6) is 0 Å². The fourth-order valence-electron chi connectivity index (χ4n) is 0. The highest BCUT2D eigenvalue weighted by atomic mass is 31.2. The Bertz CT molecular complexity index is 1480. The fraction of sp³-hybridized carbons (Fsp3) is 0.833. The minimum absolute atomic E-state index is 0.854. The molecule has 0 fully saturated rings. The molecule has 0 atom stereocenters. The molecule has 45 nitrogen and oxygen atoms in total. The lowest BCUT2D eigenvalue weighted by molar-refractivity contribution is 0.379. The Morgan fingerprint density at radius 2 is 0.154 bits per heavy atom. The molecule has 60 heteroatoms. The van der Waals surface area contributed by atoms with Crippen LogP contribution in [-0.2, 0) is 68.5 Å². The van der Waals surface area contributed by atoms with Crippen LogP contribution in [0.25, 0.3) is 0 Å². The molecule has 0 aliphatic carbocycles. The first-order chi connectivity index (χ1) is 31.4. The number of rotatable bonds is 0. The van der Waals surface area contributed by atoms with Gasteiger partial charge in [0.2, 0.25) is 0 Å². The van der Waals surface area contributed by atoms with Gasteiger partial charge < -0.3 is 147 Å². The van der Waals surface area contributed by atoms with E-state index in [0.29, 0.717) is 0 Å². The van der Waals surface area contributed by atoms with Crippen molar-refractivity contribution in [3.63, 3.8) is 0 Å². The first-order valence-electron chi connectivity index (χ1n) is 16.2. The SMILES string of the molecule is C=C=C.CP(=O)(O)O.CP(=O)(O)O.CP(=O)(O)O.CP(=O)(O)O.CP(=O)(O)O.CP(=O)(O)O.CP(=O)(O)O.CP(=O)(O)O.CP(=O)(O)O.CP(=O)(O)O.CP(=O)(O)O.CP(=O)(O)O.CP(=O)(O)O.CP(=O)(O)O.CP(=O)(O)O. The van der Waals surface area contributed by atoms with Crippen molar-refractivity contribution >= 4 is 114 Å². The van der Waals surface area contributed by atoms with E-state index in [0.717, 1.165) is 100.0 Å². The van der Waals surface area contributed by atoms with Gasteiger partial charge in [0, 0.05) is 100.0 Å². The summed E-state index contributed by atoms with van der Waals surface area (Å²) in [6, 6.07) is 0. The Kier molecular flexibility index (Phi) is 86.4. The van der Waals surface area contributed by atoms with Crippen molar-refractivity contribution in [3.8, 4) is 0 Å². The van der Waals surface area contributed by atoms with Gasteiger partial charge in [-0.15, -0.1) is 5.73 Å². The molecule has 0 rings (SSSR count). The zero-order chi connectivity index (χ0) is 70.2. The van der Waals surface area contributed by atoms with Gasteiger partial charge in [0.15, 0.2) is 0 Å². The van der Waals surface area contributed by atoms with E-state index in [2.05, 4.69) is 18.9 Å². The molecule has 0 aromatic heterocycles. The predicted octanol–water partition coefficient (Wildman–Crippen LogP) is -2.13. The average molecular weight is 1480 g/mol. The molecule has 0 aliphatic heterocycles. The number of hydrogen-bond donors (Lipinski definition) is 30. The van der Waals surface area contributed by atoms with Crippen LogP contribution < -0.4 is 0 Å². The minimum atomic E-state index is -3.64. The quantitative estimate of drug-likeness (QED) is 0.0909. The predicted molar refractivity (Wildman–Crippen MR) is 284 cm³/mol. The third-order valence-corrected chi connectivity index (χ3v) is 0. The average Bonchev–Trinajstić information content (AvgIpc) is 2.72. The monoisotopic (exact) mass is 1480 g/mol. The van der Waals surface area contributed by atoms with Crippen LogP contribution in [0.3, 0.4) is 0 Å². The fourth-order valence-corrected chi connectivity index (χ4v) is 0. The highest BCUT2D eigenvalue weighted by Crippen LogP contribution is 2.32. The minimum Gasteiger partial charge on any atom is -0.325 e. The second kappa shape index (κ2) is 55.4. The molecule has 0 amide bonds. The summed E-state index contributed by atoms with van der Waals surface area (Å²) in [4.78, 5) is 229. The lowest BCUT2D eigenvalue weighted by Gasteiger charge is -1.84. The molecule has 0 spiro atoms. The Labute approximate surface area is 446 Å². The van der Waals surface area contributed by atoms with Crippen LogP contribution in [0.1, 0.15) is 0 Å². The van der Waals surface area contributed by atoms with Gasteiger partial charge in [0.05, 0.1) is 0 Å². The van der Waals surface area contributed by atoms with Gasteiger partial charge in [-0.25, -0.2) is 0 Å². The van der Waals surface area contributed by atoms with Crippen molar-refractivity contribution < 1.29 is 215 Å². The van der Waals surface area contributed by atoms with Crippen LogP contribution >= 0.6 is 114 Å². The van der Waals surface area contributed by atoms with Gasteiger partial charge in [-0.2, -0.15) is 0 Å². The van der Waals surface area contributed by atoms with Gasteiger partial charge >= 0.3 is 114 Å². The summed E-state index contributed by atoms with van der Waals surface area (Å²) in [5.41, 5.74) is 2.25. The van der Waals surface area contributed by atoms with E-state index in [1.165, 1.54) is 0 Å². The summed E-state index contributed by atoms with van der Waals surface area (Å²) in [7, 11) is -54.6. The summed E-state index contributed by atoms with van der Waals surface area (Å²) >= 11 is 0. The van der Waals surface area contributed by atoms with E-state index in [1.807, 2.05) is 0 Å². The molecule has 0 unspecified atom stereocenters. The van der Waals surface area contributed by atoms with Crippen LogP contribution in [0.2, 0.25) is 0 Å². The van der Waals surface area contributed by atoms with Gasteiger partial charge in [-0.3, -0.25) is 68.5 Å². The first-order valence-corrected chi connectivity index (χ1v) is 47.0. The van der Waals surface area contributed by atoms with E-state index >= 15 is 0 Å². The van der Waals surface area contributed by atoms with Crippen LogP contribution in [-0.4, -0.2) is 247 Å². The van der Waals surface area contributed by atoms with Crippen molar-refractivity contribution in [3.05, 3.63) is 18.9 Å². The van der Waals surface area contributed by atoms with Crippen molar-refractivity contribution in [2.24, 2.45) is 0 Å². The van der Waals surface area contributed by atoms with E-state index in [-0.39, 0.29) is 0 Å². The Balaban J connectivity index is -0.0000000376. The second-order valence-corrected chi connectivity index (χ2v) is 37.8. The molecular formula is C18H79O45P15. The summed E-state index contributed by atoms with van der Waals surface area (Å²) in [5.74, 6) is 0. The molecule has 0 saturated heterocycles. The lowest BCUT2D eigenvalue weighted by Crippen LogP contribution is -1.64. The molecule has 0 aliphatic rings. The maximum Gasteiger partial charge on any atom is 0.322 e.